The van der Waals surface area contributed by atoms with Crippen molar-refractivity contribution >= 4 is 60.7 Å². The molecule has 3 aromatic carbocycles. The number of benzene rings is 3. The fraction of sp³-hybridized carbons (Fsp3) is 0.0500. The van der Waals surface area contributed by atoms with Crippen LogP contribution in [0.15, 0.2) is 70.0 Å². The number of amides is 1. The Morgan fingerprint density at radius 2 is 1.70 bits per heavy atom. The number of primary sulfonamides is 1. The molecule has 10 heteroatoms. The third kappa shape index (κ3) is 5.96. The summed E-state index contributed by atoms with van der Waals surface area (Å²) < 4.78 is 29.1. The lowest BCUT2D eigenvalue weighted by Gasteiger charge is -2.11. The number of rotatable bonds is 6. The summed E-state index contributed by atoms with van der Waals surface area (Å²) in [6.45, 7) is 0. The highest BCUT2D eigenvalue weighted by Crippen LogP contribution is 2.35. The van der Waals surface area contributed by atoms with Gasteiger partial charge in [-0.15, -0.1) is 0 Å². The quantitative estimate of drug-likeness (QED) is 0.448. The summed E-state index contributed by atoms with van der Waals surface area (Å²) in [5, 5.41) is 8.60. The Labute approximate surface area is 192 Å². The number of nitrogens with one attached hydrogen (secondary N) is 1. The Bertz CT molecular complexity index is 1200. The summed E-state index contributed by atoms with van der Waals surface area (Å²) in [7, 11) is -3.78. The van der Waals surface area contributed by atoms with Gasteiger partial charge in [0.1, 0.15) is 11.5 Å². The van der Waals surface area contributed by atoms with E-state index >= 15 is 0 Å². The van der Waals surface area contributed by atoms with Crippen molar-refractivity contribution in [3.8, 4) is 11.5 Å². The van der Waals surface area contributed by atoms with E-state index < -0.39 is 10.0 Å². The molecule has 0 aliphatic carbocycles. The number of halogens is 3. The predicted octanol–water partition coefficient (Wildman–Crippen LogP) is 5.38. The van der Waals surface area contributed by atoms with Crippen molar-refractivity contribution in [1.82, 2.24) is 0 Å². The highest BCUT2D eigenvalue weighted by atomic mass is 79.9. The molecule has 30 heavy (non-hydrogen) atoms. The van der Waals surface area contributed by atoms with Crippen molar-refractivity contribution in [3.63, 3.8) is 0 Å². The highest BCUT2D eigenvalue weighted by molar-refractivity contribution is 9.10. The van der Waals surface area contributed by atoms with Gasteiger partial charge in [-0.3, -0.25) is 4.79 Å². The molecule has 0 aromatic heterocycles. The van der Waals surface area contributed by atoms with E-state index in [9.17, 15) is 13.2 Å². The minimum absolute atomic E-state index is 0.0331. The highest BCUT2D eigenvalue weighted by Gasteiger charge is 2.11. The smallest absolute Gasteiger partial charge is 0.238 e. The van der Waals surface area contributed by atoms with Gasteiger partial charge >= 0.3 is 0 Å². The van der Waals surface area contributed by atoms with Gasteiger partial charge in [0.05, 0.1) is 20.8 Å². The van der Waals surface area contributed by atoms with Gasteiger partial charge in [0.15, 0.2) is 0 Å². The molecular weight excluding hydrogens is 515 g/mol. The average molecular weight is 530 g/mol. The predicted molar refractivity (Wildman–Crippen MR) is 121 cm³/mol. The maximum atomic E-state index is 12.3. The van der Waals surface area contributed by atoms with Crippen LogP contribution < -0.4 is 15.2 Å². The summed E-state index contributed by atoms with van der Waals surface area (Å²) in [5.74, 6) is 0.640. The van der Waals surface area contributed by atoms with E-state index in [1.165, 1.54) is 24.3 Å². The van der Waals surface area contributed by atoms with Gasteiger partial charge in [-0.05, 0) is 70.0 Å². The lowest BCUT2D eigenvalue weighted by atomic mass is 10.1. The van der Waals surface area contributed by atoms with Gasteiger partial charge in [-0.2, -0.15) is 0 Å². The van der Waals surface area contributed by atoms with Crippen LogP contribution in [-0.4, -0.2) is 14.3 Å². The van der Waals surface area contributed by atoms with Crippen LogP contribution in [0.5, 0.6) is 11.5 Å². The second-order valence-corrected chi connectivity index (χ2v) is 9.50. The van der Waals surface area contributed by atoms with Gasteiger partial charge in [-0.25, -0.2) is 13.6 Å². The van der Waals surface area contributed by atoms with Gasteiger partial charge in [-0.1, -0.05) is 29.3 Å². The number of hydrogen-bond donors (Lipinski definition) is 2. The number of carbonyl (C=O) groups excluding carboxylic acids is 1. The summed E-state index contributed by atoms with van der Waals surface area (Å²) in [6.07, 6.45) is 0.0673. The zero-order valence-corrected chi connectivity index (χ0v) is 19.1. The van der Waals surface area contributed by atoms with E-state index in [0.29, 0.717) is 32.8 Å². The van der Waals surface area contributed by atoms with Crippen molar-refractivity contribution in [1.29, 1.82) is 0 Å². The van der Waals surface area contributed by atoms with Crippen LogP contribution in [0.1, 0.15) is 5.56 Å². The minimum Gasteiger partial charge on any atom is -0.455 e. The maximum absolute atomic E-state index is 12.3. The van der Waals surface area contributed by atoms with Gasteiger partial charge in [0.25, 0.3) is 0 Å². The molecule has 0 saturated heterocycles. The Morgan fingerprint density at radius 3 is 2.33 bits per heavy atom. The number of nitrogens with two attached hydrogens (primary N) is 1. The molecule has 1 amide bonds. The SMILES string of the molecule is NS(=O)(=O)c1ccc(NC(=O)Cc2ccc(Oc3cc(Cl)ccc3Br)c(Cl)c2)cc1. The number of sulfonamides is 1. The van der Waals surface area contributed by atoms with Gasteiger partial charge in [0.2, 0.25) is 15.9 Å². The van der Waals surface area contributed by atoms with Gasteiger partial charge in [0, 0.05) is 16.8 Å². The van der Waals surface area contributed by atoms with E-state index in [1.54, 1.807) is 36.4 Å². The van der Waals surface area contributed by atoms with E-state index in [0.717, 1.165) is 4.47 Å². The average Bonchev–Trinajstić information content (AvgIpc) is 2.66. The molecule has 0 radical (unpaired) electrons. The van der Waals surface area contributed by atoms with Crippen LogP contribution in [0, 0.1) is 0 Å². The molecule has 0 atom stereocenters. The first kappa shape index (κ1) is 22.6. The lowest BCUT2D eigenvalue weighted by molar-refractivity contribution is -0.115. The second-order valence-electron chi connectivity index (χ2n) is 6.24. The summed E-state index contributed by atoms with van der Waals surface area (Å²) in [5.41, 5.74) is 1.13. The van der Waals surface area contributed by atoms with E-state index in [2.05, 4.69) is 21.2 Å². The van der Waals surface area contributed by atoms with E-state index in [-0.39, 0.29) is 17.2 Å². The van der Waals surface area contributed by atoms with Crippen molar-refractivity contribution in [2.45, 2.75) is 11.3 Å². The first-order chi connectivity index (χ1) is 14.1. The molecule has 0 spiro atoms. The summed E-state index contributed by atoms with van der Waals surface area (Å²) in [6, 6.07) is 15.7. The van der Waals surface area contributed by atoms with E-state index in [1.807, 2.05) is 0 Å². The van der Waals surface area contributed by atoms with Crippen molar-refractivity contribution in [2.24, 2.45) is 5.14 Å². The van der Waals surface area contributed by atoms with Crippen molar-refractivity contribution < 1.29 is 17.9 Å². The molecule has 3 rings (SSSR count). The topological polar surface area (TPSA) is 98.5 Å². The molecular formula is C20H15BrCl2N2O4S. The Morgan fingerprint density at radius 1 is 1.00 bits per heavy atom. The van der Waals surface area contributed by atoms with Crippen LogP contribution in [0.3, 0.4) is 0 Å². The minimum atomic E-state index is -3.78. The van der Waals surface area contributed by atoms with E-state index in [4.69, 9.17) is 33.1 Å². The zero-order chi connectivity index (χ0) is 21.9. The fourth-order valence-corrected chi connectivity index (χ4v) is 3.78. The standard InChI is InChI=1S/C20H15BrCl2N2O4S/c21-16-7-2-13(22)11-19(16)29-18-8-1-12(9-17(18)23)10-20(26)25-14-3-5-15(6-4-14)30(24,27)28/h1-9,11H,10H2,(H,25,26)(H2,24,27,28). The molecule has 0 saturated carbocycles. The molecule has 3 aromatic rings. The third-order valence-electron chi connectivity index (χ3n) is 3.94. The number of carbonyl (C=O) groups is 1. The third-order valence-corrected chi connectivity index (χ3v) is 6.06. The molecule has 0 unspecified atom stereocenters. The normalized spacial score (nSPS) is 11.2. The Kier molecular flexibility index (Phi) is 7.05. The fourth-order valence-electron chi connectivity index (χ4n) is 2.53. The number of ether oxygens (including phenoxy) is 1. The molecule has 6 nitrogen and oxygen atoms in total. The second kappa shape index (κ2) is 9.36. The van der Waals surface area contributed by atoms with Crippen LogP contribution >= 0.6 is 39.1 Å². The Balaban J connectivity index is 1.66. The first-order valence-electron chi connectivity index (χ1n) is 8.46. The number of hydrogen-bond acceptors (Lipinski definition) is 4. The molecule has 0 heterocycles. The summed E-state index contributed by atoms with van der Waals surface area (Å²) in [4.78, 5) is 12.3. The molecule has 156 valence electrons. The van der Waals surface area contributed by atoms with Crippen LogP contribution in [0.2, 0.25) is 10.0 Å². The monoisotopic (exact) mass is 528 g/mol. The molecule has 0 fully saturated rings. The maximum Gasteiger partial charge on any atom is 0.238 e. The molecule has 0 bridgehead atoms. The lowest BCUT2D eigenvalue weighted by Crippen LogP contribution is -2.15. The molecule has 0 aliphatic heterocycles. The number of anilines is 1. The first-order valence-corrected chi connectivity index (χ1v) is 11.6. The summed E-state index contributed by atoms with van der Waals surface area (Å²) >= 11 is 15.7. The molecule has 3 N–H and O–H groups in total. The van der Waals surface area contributed by atoms with Crippen molar-refractivity contribution in [3.05, 3.63) is 80.7 Å². The van der Waals surface area contributed by atoms with Crippen LogP contribution in [0.4, 0.5) is 5.69 Å². The Hall–Kier alpha value is -2.10. The molecule has 0 aliphatic rings. The van der Waals surface area contributed by atoms with Crippen LogP contribution in [-0.2, 0) is 21.2 Å². The van der Waals surface area contributed by atoms with Crippen molar-refractivity contribution in [2.75, 3.05) is 5.32 Å². The largest absolute Gasteiger partial charge is 0.455 e. The van der Waals surface area contributed by atoms with Crippen LogP contribution in [0.25, 0.3) is 0 Å². The zero-order valence-electron chi connectivity index (χ0n) is 15.2. The van der Waals surface area contributed by atoms with Gasteiger partial charge < -0.3 is 10.1 Å².